The van der Waals surface area contributed by atoms with E-state index in [0.717, 1.165) is 18.5 Å². The van der Waals surface area contributed by atoms with Crippen molar-refractivity contribution in [2.45, 2.75) is 32.4 Å². The van der Waals surface area contributed by atoms with E-state index < -0.39 is 12.0 Å². The number of carbonyl (C=O) groups is 1. The molecule has 5 nitrogen and oxygen atoms in total. The minimum absolute atomic E-state index is 0.0172. The minimum atomic E-state index is -0.916. The summed E-state index contributed by atoms with van der Waals surface area (Å²) in [7, 11) is 0. The van der Waals surface area contributed by atoms with Gasteiger partial charge in [0.25, 0.3) is 0 Å². The van der Waals surface area contributed by atoms with E-state index in [-0.39, 0.29) is 5.92 Å². The maximum atomic E-state index is 10.8. The van der Waals surface area contributed by atoms with Crippen molar-refractivity contribution >= 4 is 5.97 Å². The number of carboxylic acids is 1. The van der Waals surface area contributed by atoms with Crippen molar-refractivity contribution in [3.05, 3.63) is 17.7 Å². The third-order valence-corrected chi connectivity index (χ3v) is 3.13. The van der Waals surface area contributed by atoms with E-state index in [1.165, 1.54) is 5.69 Å². The van der Waals surface area contributed by atoms with Gasteiger partial charge in [-0.05, 0) is 19.8 Å². The molecule has 0 spiro atoms. The number of aromatic nitrogens is 2. The Hall–Kier alpha value is -1.36. The van der Waals surface area contributed by atoms with Crippen LogP contribution in [-0.4, -0.2) is 26.7 Å². The summed E-state index contributed by atoms with van der Waals surface area (Å²) in [5.74, 6) is -0.899. The second-order valence-electron chi connectivity index (χ2n) is 4.09. The van der Waals surface area contributed by atoms with Gasteiger partial charge in [0.05, 0.1) is 12.0 Å². The summed E-state index contributed by atoms with van der Waals surface area (Å²) < 4.78 is 2.02. The highest BCUT2D eigenvalue weighted by atomic mass is 16.4. The van der Waals surface area contributed by atoms with Gasteiger partial charge in [-0.2, -0.15) is 0 Å². The molecule has 0 bridgehead atoms. The molecule has 82 valence electrons. The van der Waals surface area contributed by atoms with Gasteiger partial charge in [-0.3, -0.25) is 4.79 Å². The lowest BCUT2D eigenvalue weighted by Gasteiger charge is -2.26. The number of aliphatic carboxylic acids is 1. The molecule has 2 rings (SSSR count). The molecular weight excluding hydrogens is 194 g/mol. The molecule has 0 amide bonds. The van der Waals surface area contributed by atoms with Gasteiger partial charge in [0, 0.05) is 18.2 Å². The molecule has 0 aromatic carbocycles. The summed E-state index contributed by atoms with van der Waals surface area (Å²) in [4.78, 5) is 15.0. The van der Waals surface area contributed by atoms with Crippen LogP contribution < -0.4 is 5.73 Å². The van der Waals surface area contributed by atoms with Gasteiger partial charge in [-0.25, -0.2) is 4.98 Å². The van der Waals surface area contributed by atoms with Crippen LogP contribution in [0, 0.1) is 12.8 Å². The zero-order chi connectivity index (χ0) is 11.0. The molecule has 5 heteroatoms. The van der Waals surface area contributed by atoms with E-state index in [0.29, 0.717) is 6.54 Å². The number of fused-ring (bicyclic) bond motifs is 1. The Balaban J connectivity index is 2.15. The monoisotopic (exact) mass is 209 g/mol. The third-order valence-electron chi connectivity index (χ3n) is 3.13. The van der Waals surface area contributed by atoms with Crippen molar-refractivity contribution < 1.29 is 9.90 Å². The fourth-order valence-electron chi connectivity index (χ4n) is 2.15. The van der Waals surface area contributed by atoms with Crippen molar-refractivity contribution in [3.8, 4) is 0 Å². The Kier molecular flexibility index (Phi) is 2.48. The van der Waals surface area contributed by atoms with Gasteiger partial charge in [0.1, 0.15) is 6.04 Å². The average Bonchev–Trinajstić information content (AvgIpc) is 2.59. The number of nitrogens with two attached hydrogens (primary N) is 1. The molecule has 0 saturated heterocycles. The fraction of sp³-hybridized carbons (Fsp3) is 0.600. The molecular formula is C10H15N3O2. The van der Waals surface area contributed by atoms with E-state index in [1.54, 1.807) is 6.33 Å². The summed E-state index contributed by atoms with van der Waals surface area (Å²) in [6.45, 7) is 2.65. The Morgan fingerprint density at radius 1 is 1.80 bits per heavy atom. The Morgan fingerprint density at radius 3 is 3.20 bits per heavy atom. The van der Waals surface area contributed by atoms with Crippen LogP contribution in [0.15, 0.2) is 6.33 Å². The molecule has 0 radical (unpaired) electrons. The molecule has 3 N–H and O–H groups in total. The van der Waals surface area contributed by atoms with E-state index in [1.807, 2.05) is 11.5 Å². The fourth-order valence-corrected chi connectivity index (χ4v) is 2.15. The summed E-state index contributed by atoms with van der Waals surface area (Å²) in [5, 5.41) is 8.84. The molecule has 2 heterocycles. The number of aryl methyl sites for hydroxylation is 1. The molecule has 1 aliphatic rings. The first-order valence-electron chi connectivity index (χ1n) is 5.08. The van der Waals surface area contributed by atoms with Crippen LogP contribution in [0.2, 0.25) is 0 Å². The number of carboxylic acid groups (broad SMARTS) is 1. The number of rotatable bonds is 2. The number of hydrogen-bond donors (Lipinski definition) is 2. The van der Waals surface area contributed by atoms with E-state index in [2.05, 4.69) is 4.98 Å². The maximum absolute atomic E-state index is 10.8. The zero-order valence-electron chi connectivity index (χ0n) is 8.68. The van der Waals surface area contributed by atoms with Crippen LogP contribution in [0.4, 0.5) is 0 Å². The van der Waals surface area contributed by atoms with Crippen LogP contribution in [0.3, 0.4) is 0 Å². The topological polar surface area (TPSA) is 81.1 Å². The van der Waals surface area contributed by atoms with E-state index in [9.17, 15) is 4.79 Å². The molecule has 15 heavy (non-hydrogen) atoms. The van der Waals surface area contributed by atoms with Gasteiger partial charge in [-0.15, -0.1) is 0 Å². The lowest BCUT2D eigenvalue weighted by molar-refractivity contribution is -0.140. The Morgan fingerprint density at radius 2 is 2.53 bits per heavy atom. The largest absolute Gasteiger partial charge is 0.480 e. The van der Waals surface area contributed by atoms with E-state index >= 15 is 0 Å². The summed E-state index contributed by atoms with van der Waals surface area (Å²) >= 11 is 0. The first kappa shape index (κ1) is 10.2. The minimum Gasteiger partial charge on any atom is -0.480 e. The van der Waals surface area contributed by atoms with E-state index in [4.69, 9.17) is 10.8 Å². The molecule has 1 aromatic rings. The average molecular weight is 209 g/mol. The first-order chi connectivity index (χ1) is 7.09. The normalized spacial score (nSPS) is 22.1. The molecule has 0 saturated carbocycles. The standard InChI is InChI=1S/C10H15N3O2/c1-6-8-3-2-7(9(11)10(14)15)4-13(8)5-12-6/h5,7,9H,2-4,11H2,1H3,(H,14,15). The Labute approximate surface area is 87.9 Å². The van der Waals surface area contributed by atoms with Gasteiger partial charge in [-0.1, -0.05) is 0 Å². The molecule has 1 aliphatic heterocycles. The second-order valence-corrected chi connectivity index (χ2v) is 4.09. The van der Waals surface area contributed by atoms with Crippen molar-refractivity contribution in [1.29, 1.82) is 0 Å². The quantitative estimate of drug-likeness (QED) is 0.727. The number of hydrogen-bond acceptors (Lipinski definition) is 3. The van der Waals surface area contributed by atoms with Crippen LogP contribution in [-0.2, 0) is 17.8 Å². The zero-order valence-corrected chi connectivity index (χ0v) is 8.68. The Bertz CT molecular complexity index is 386. The lowest BCUT2D eigenvalue weighted by atomic mass is 9.91. The first-order valence-corrected chi connectivity index (χ1v) is 5.08. The van der Waals surface area contributed by atoms with Crippen molar-refractivity contribution in [3.63, 3.8) is 0 Å². The predicted molar refractivity (Wildman–Crippen MR) is 54.4 cm³/mol. The lowest BCUT2D eigenvalue weighted by Crippen LogP contribution is -2.42. The summed E-state index contributed by atoms with van der Waals surface area (Å²) in [5.41, 5.74) is 7.87. The SMILES string of the molecule is Cc1ncn2c1CCC(C(N)C(=O)O)C2. The molecule has 2 unspecified atom stereocenters. The number of nitrogens with zero attached hydrogens (tertiary/aromatic N) is 2. The molecule has 1 aromatic heterocycles. The van der Waals surface area contributed by atoms with Gasteiger partial charge < -0.3 is 15.4 Å². The molecule has 0 fully saturated rings. The van der Waals surface area contributed by atoms with Crippen LogP contribution in [0.25, 0.3) is 0 Å². The molecule has 0 aliphatic carbocycles. The molecule has 2 atom stereocenters. The highest BCUT2D eigenvalue weighted by Crippen LogP contribution is 2.23. The van der Waals surface area contributed by atoms with Gasteiger partial charge in [0.15, 0.2) is 0 Å². The summed E-state index contributed by atoms with van der Waals surface area (Å²) in [6, 6.07) is -0.763. The highest BCUT2D eigenvalue weighted by Gasteiger charge is 2.28. The van der Waals surface area contributed by atoms with Gasteiger partial charge in [0.2, 0.25) is 0 Å². The predicted octanol–water partition coefficient (Wildman–Crippen LogP) is 0.166. The van der Waals surface area contributed by atoms with Crippen molar-refractivity contribution in [2.24, 2.45) is 11.7 Å². The van der Waals surface area contributed by atoms with Gasteiger partial charge >= 0.3 is 5.97 Å². The van der Waals surface area contributed by atoms with Crippen LogP contribution in [0.1, 0.15) is 17.8 Å². The van der Waals surface area contributed by atoms with Crippen molar-refractivity contribution in [1.82, 2.24) is 9.55 Å². The van der Waals surface area contributed by atoms with Crippen LogP contribution in [0.5, 0.6) is 0 Å². The number of imidazole rings is 1. The second kappa shape index (κ2) is 3.66. The summed E-state index contributed by atoms with van der Waals surface area (Å²) in [6.07, 6.45) is 3.48. The third kappa shape index (κ3) is 1.74. The van der Waals surface area contributed by atoms with Crippen molar-refractivity contribution in [2.75, 3.05) is 0 Å². The highest BCUT2D eigenvalue weighted by molar-refractivity contribution is 5.73. The smallest absolute Gasteiger partial charge is 0.320 e. The van der Waals surface area contributed by atoms with Crippen LogP contribution >= 0.6 is 0 Å². The maximum Gasteiger partial charge on any atom is 0.320 e.